The summed E-state index contributed by atoms with van der Waals surface area (Å²) in [4.78, 5) is 0. The molecule has 3 nitrogen and oxygen atoms in total. The number of aryl methyl sites for hydroxylation is 9. The molecule has 3 aromatic heterocycles. The molecule has 0 saturated heterocycles. The zero-order chi connectivity index (χ0) is 32.0. The number of nitrogens with zero attached hydrogens (tertiary/aromatic N) is 3. The number of unbranched alkanes of at least 4 members (excludes halogenated alkanes) is 3. The topological polar surface area (TPSA) is 11.6 Å². The summed E-state index contributed by atoms with van der Waals surface area (Å²) in [6, 6.07) is 12.9. The molecule has 0 spiro atoms. The minimum absolute atomic E-state index is 0.850. The summed E-state index contributed by atoms with van der Waals surface area (Å²) in [5, 5.41) is 0. The van der Waals surface area contributed by atoms with Crippen molar-refractivity contribution in [3.8, 4) is 35.5 Å². The van der Waals surface area contributed by atoms with Gasteiger partial charge in [-0.1, -0.05) is 35.5 Å². The van der Waals surface area contributed by atoms with Crippen LogP contribution in [0.2, 0.25) is 0 Å². The van der Waals surface area contributed by atoms with Crippen LogP contribution in [-0.4, -0.2) is 0 Å². The summed E-state index contributed by atoms with van der Waals surface area (Å²) < 4.78 is 6.76. The second kappa shape index (κ2) is 17.0. The highest BCUT2D eigenvalue weighted by Gasteiger charge is 2.05. The van der Waals surface area contributed by atoms with Crippen LogP contribution < -0.4 is 13.7 Å². The number of hydrogen-bond donors (Lipinski definition) is 0. The minimum atomic E-state index is 0.850. The Morgan fingerprint density at radius 3 is 0.978 bits per heavy atom. The first-order chi connectivity index (χ1) is 21.8. The quantitative estimate of drug-likeness (QED) is 0.114. The van der Waals surface area contributed by atoms with E-state index in [0.717, 1.165) is 74.8 Å². The van der Waals surface area contributed by atoms with Gasteiger partial charge in [-0.3, -0.25) is 0 Å². The van der Waals surface area contributed by atoms with Gasteiger partial charge < -0.3 is 0 Å². The third-order valence-electron chi connectivity index (χ3n) is 8.28. The largest absolute Gasteiger partial charge is 0.205 e. The Bertz CT molecular complexity index is 1590. The molecule has 0 aliphatic heterocycles. The molecule has 4 rings (SSSR count). The van der Waals surface area contributed by atoms with Crippen molar-refractivity contribution in [1.29, 1.82) is 0 Å². The summed E-state index contributed by atoms with van der Waals surface area (Å²) in [5.41, 5.74) is 10.9. The number of rotatable bonds is 9. The third-order valence-corrected chi connectivity index (χ3v) is 8.28. The van der Waals surface area contributed by atoms with Gasteiger partial charge in [-0.2, -0.15) is 0 Å². The van der Waals surface area contributed by atoms with Gasteiger partial charge in [0.05, 0.1) is 0 Å². The van der Waals surface area contributed by atoms with E-state index in [0.29, 0.717) is 0 Å². The maximum Gasteiger partial charge on any atom is 0.171 e. The van der Waals surface area contributed by atoms with Crippen LogP contribution in [0.1, 0.15) is 88.6 Å². The Hall–Kier alpha value is -4.65. The van der Waals surface area contributed by atoms with E-state index in [1.807, 2.05) is 0 Å². The molecule has 0 radical (unpaired) electrons. The SMILES string of the molecule is Cc1cc[n+](CCCC#Cc2cc(C#CCCC[n+]3ccc(C)c(C)c3)cc(C#CCCC[n+]3ccc(C)c(C)c3)c2)cc1C. The molecule has 0 aliphatic carbocycles. The molecule has 0 saturated carbocycles. The van der Waals surface area contributed by atoms with Gasteiger partial charge in [0.25, 0.3) is 0 Å². The molecule has 0 aliphatic rings. The predicted molar refractivity (Wildman–Crippen MR) is 183 cm³/mol. The average molecular weight is 595 g/mol. The smallest absolute Gasteiger partial charge is 0.171 e. The fraction of sp³-hybridized carbons (Fsp3) is 0.357. The van der Waals surface area contributed by atoms with Crippen LogP contribution in [0, 0.1) is 77.1 Å². The first-order valence-electron chi connectivity index (χ1n) is 16.3. The zero-order valence-corrected chi connectivity index (χ0v) is 28.1. The molecular formula is C42H48N3+3. The van der Waals surface area contributed by atoms with E-state index < -0.39 is 0 Å². The normalized spacial score (nSPS) is 10.3. The summed E-state index contributed by atoms with van der Waals surface area (Å²) in [6.45, 7) is 15.9. The summed E-state index contributed by atoms with van der Waals surface area (Å²) >= 11 is 0. The van der Waals surface area contributed by atoms with Gasteiger partial charge in [0.2, 0.25) is 0 Å². The monoisotopic (exact) mass is 594 g/mol. The second-order valence-corrected chi connectivity index (χ2v) is 12.2. The Morgan fingerprint density at radius 1 is 0.422 bits per heavy atom. The fourth-order valence-electron chi connectivity index (χ4n) is 5.00. The van der Waals surface area contributed by atoms with Crippen LogP contribution in [0.25, 0.3) is 0 Å². The Morgan fingerprint density at radius 2 is 0.711 bits per heavy atom. The maximum atomic E-state index is 3.40. The molecular weight excluding hydrogens is 546 g/mol. The van der Waals surface area contributed by atoms with Crippen LogP contribution in [-0.2, 0) is 19.6 Å². The lowest BCUT2D eigenvalue weighted by Crippen LogP contribution is -2.33. The van der Waals surface area contributed by atoms with Crippen molar-refractivity contribution >= 4 is 0 Å². The molecule has 228 valence electrons. The molecule has 0 fully saturated rings. The average Bonchev–Trinajstić information content (AvgIpc) is 3.02. The predicted octanol–water partition coefficient (Wildman–Crippen LogP) is 6.90. The summed E-state index contributed by atoms with van der Waals surface area (Å²) in [7, 11) is 0. The Labute approximate surface area is 272 Å². The number of aromatic nitrogens is 3. The highest BCUT2D eigenvalue weighted by atomic mass is 14.9. The highest BCUT2D eigenvalue weighted by Crippen LogP contribution is 2.10. The molecule has 0 amide bonds. The summed E-state index contributed by atoms with van der Waals surface area (Å²) in [5.74, 6) is 20.4. The Balaban J connectivity index is 1.39. The zero-order valence-electron chi connectivity index (χ0n) is 28.1. The summed E-state index contributed by atoms with van der Waals surface area (Å²) in [6.07, 6.45) is 18.7. The van der Waals surface area contributed by atoms with Crippen LogP contribution >= 0.6 is 0 Å². The first-order valence-corrected chi connectivity index (χ1v) is 16.3. The molecule has 0 N–H and O–H groups in total. The fourth-order valence-corrected chi connectivity index (χ4v) is 5.00. The third kappa shape index (κ3) is 11.1. The van der Waals surface area contributed by atoms with E-state index in [-0.39, 0.29) is 0 Å². The molecule has 4 aromatic rings. The van der Waals surface area contributed by atoms with Gasteiger partial charge in [0.1, 0.15) is 19.6 Å². The van der Waals surface area contributed by atoms with Crippen molar-refractivity contribution in [2.24, 2.45) is 0 Å². The van der Waals surface area contributed by atoms with Crippen LogP contribution in [0.15, 0.2) is 73.6 Å². The van der Waals surface area contributed by atoms with Crippen LogP contribution in [0.5, 0.6) is 0 Å². The van der Waals surface area contributed by atoms with Crippen molar-refractivity contribution in [3.63, 3.8) is 0 Å². The molecule has 0 unspecified atom stereocenters. The van der Waals surface area contributed by atoms with E-state index in [1.54, 1.807) is 0 Å². The van der Waals surface area contributed by atoms with E-state index in [9.17, 15) is 0 Å². The standard InChI is InChI=1S/C42H48N3/c1-34-19-25-43(31-37(34)4)22-13-7-10-16-40-28-41(17-11-8-14-23-44-26-20-35(2)38(5)32-44)30-42(29-40)18-12-9-15-24-45-27-21-36(3)39(6)33-45/h19-21,25-33H,7-9,13-15,22-24H2,1-6H3/q+3. The van der Waals surface area contributed by atoms with E-state index in [2.05, 4.69) is 164 Å². The number of pyridine rings is 3. The van der Waals surface area contributed by atoms with Crippen molar-refractivity contribution in [1.82, 2.24) is 0 Å². The maximum absolute atomic E-state index is 3.40. The van der Waals surface area contributed by atoms with Gasteiger partial charge in [-0.15, -0.1) is 0 Å². The van der Waals surface area contributed by atoms with Gasteiger partial charge >= 0.3 is 0 Å². The number of benzene rings is 1. The van der Waals surface area contributed by atoms with Crippen LogP contribution in [0.3, 0.4) is 0 Å². The Kier molecular flexibility index (Phi) is 12.6. The molecule has 3 heteroatoms. The lowest BCUT2D eigenvalue weighted by molar-refractivity contribution is -0.697. The lowest BCUT2D eigenvalue weighted by atomic mass is 10.1. The van der Waals surface area contributed by atoms with Crippen molar-refractivity contribution < 1.29 is 13.7 Å². The van der Waals surface area contributed by atoms with Crippen molar-refractivity contribution in [3.05, 3.63) is 124 Å². The first kappa shape index (κ1) is 33.2. The van der Waals surface area contributed by atoms with E-state index in [1.165, 1.54) is 33.4 Å². The van der Waals surface area contributed by atoms with E-state index in [4.69, 9.17) is 0 Å². The lowest BCUT2D eigenvalue weighted by Gasteiger charge is -2.00. The van der Waals surface area contributed by atoms with Gasteiger partial charge in [0, 0.05) is 90.1 Å². The van der Waals surface area contributed by atoms with Gasteiger partial charge in [0.15, 0.2) is 37.2 Å². The molecule has 0 atom stereocenters. The molecule has 1 aromatic carbocycles. The molecule has 3 heterocycles. The van der Waals surface area contributed by atoms with Gasteiger partial charge in [-0.25, -0.2) is 13.7 Å². The minimum Gasteiger partial charge on any atom is -0.205 e. The second-order valence-electron chi connectivity index (χ2n) is 12.2. The van der Waals surface area contributed by atoms with E-state index >= 15 is 0 Å². The molecule has 45 heavy (non-hydrogen) atoms. The molecule has 0 bridgehead atoms. The van der Waals surface area contributed by atoms with Crippen molar-refractivity contribution in [2.75, 3.05) is 0 Å². The highest BCUT2D eigenvalue weighted by molar-refractivity contribution is 5.51. The van der Waals surface area contributed by atoms with Gasteiger partial charge in [-0.05, 0) is 76.4 Å². The van der Waals surface area contributed by atoms with Crippen LogP contribution in [0.4, 0.5) is 0 Å². The number of hydrogen-bond acceptors (Lipinski definition) is 0. The van der Waals surface area contributed by atoms with Crippen molar-refractivity contribution in [2.45, 2.75) is 99.7 Å².